The fourth-order valence-electron chi connectivity index (χ4n) is 2.86. The number of nitrogens with two attached hydrogens (primary N) is 1. The number of rotatable bonds is 6. The first kappa shape index (κ1) is 17.3. The van der Waals surface area contributed by atoms with E-state index in [-0.39, 0.29) is 17.4 Å². The quantitative estimate of drug-likeness (QED) is 0.845. The van der Waals surface area contributed by atoms with E-state index in [0.29, 0.717) is 32.6 Å². The van der Waals surface area contributed by atoms with Gasteiger partial charge in [-0.05, 0) is 43.9 Å². The Hall–Kier alpha value is -1.10. The second-order valence-electron chi connectivity index (χ2n) is 6.20. The van der Waals surface area contributed by atoms with Gasteiger partial charge in [0.2, 0.25) is 5.91 Å². The van der Waals surface area contributed by atoms with Crippen LogP contribution in [0.2, 0.25) is 5.02 Å². The zero-order valence-electron chi connectivity index (χ0n) is 13.1. The van der Waals surface area contributed by atoms with Gasteiger partial charge >= 0.3 is 0 Å². The first-order valence-corrected chi connectivity index (χ1v) is 8.26. The van der Waals surface area contributed by atoms with Gasteiger partial charge in [-0.1, -0.05) is 23.7 Å². The van der Waals surface area contributed by atoms with Crippen LogP contribution in [-0.4, -0.2) is 31.7 Å². The summed E-state index contributed by atoms with van der Waals surface area (Å²) < 4.78 is 5.50. The summed E-state index contributed by atoms with van der Waals surface area (Å²) in [6.07, 6.45) is 2.96. The standard InChI is InChI=1S/C17H25ClN2O2/c1-13(19)5-6-16(21)20-12-17(7-9-22-10-8-17)14-3-2-4-15(18)11-14/h2-4,11,13H,5-10,12,19H2,1H3,(H,20,21). The summed E-state index contributed by atoms with van der Waals surface area (Å²) >= 11 is 6.14. The molecule has 0 aliphatic carbocycles. The van der Waals surface area contributed by atoms with E-state index in [2.05, 4.69) is 11.4 Å². The van der Waals surface area contributed by atoms with Crippen LogP contribution < -0.4 is 11.1 Å². The lowest BCUT2D eigenvalue weighted by molar-refractivity contribution is -0.121. The average molecular weight is 325 g/mol. The van der Waals surface area contributed by atoms with Gasteiger partial charge in [-0.3, -0.25) is 4.79 Å². The van der Waals surface area contributed by atoms with Crippen molar-refractivity contribution in [1.82, 2.24) is 5.32 Å². The van der Waals surface area contributed by atoms with E-state index < -0.39 is 0 Å². The molecule has 2 rings (SSSR count). The minimum Gasteiger partial charge on any atom is -0.381 e. The Morgan fingerprint density at radius 1 is 1.45 bits per heavy atom. The zero-order valence-corrected chi connectivity index (χ0v) is 13.9. The van der Waals surface area contributed by atoms with Gasteiger partial charge in [0, 0.05) is 42.7 Å². The van der Waals surface area contributed by atoms with E-state index in [0.717, 1.165) is 17.9 Å². The highest BCUT2D eigenvalue weighted by molar-refractivity contribution is 6.30. The van der Waals surface area contributed by atoms with E-state index in [1.54, 1.807) is 0 Å². The van der Waals surface area contributed by atoms with Crippen LogP contribution in [0.3, 0.4) is 0 Å². The molecule has 1 atom stereocenters. The Balaban J connectivity index is 2.05. The molecule has 1 aliphatic heterocycles. The average Bonchev–Trinajstić information content (AvgIpc) is 2.52. The molecule has 3 N–H and O–H groups in total. The molecule has 122 valence electrons. The molecule has 1 fully saturated rings. The van der Waals surface area contributed by atoms with Crippen LogP contribution in [0.15, 0.2) is 24.3 Å². The van der Waals surface area contributed by atoms with Crippen LogP contribution in [0.5, 0.6) is 0 Å². The third-order valence-electron chi connectivity index (χ3n) is 4.34. The molecule has 1 heterocycles. The van der Waals surface area contributed by atoms with Crippen molar-refractivity contribution in [2.75, 3.05) is 19.8 Å². The van der Waals surface area contributed by atoms with Crippen LogP contribution >= 0.6 is 11.6 Å². The van der Waals surface area contributed by atoms with Crippen molar-refractivity contribution in [3.63, 3.8) is 0 Å². The number of carbonyl (C=O) groups is 1. The smallest absolute Gasteiger partial charge is 0.220 e. The third-order valence-corrected chi connectivity index (χ3v) is 4.57. The molecule has 0 radical (unpaired) electrons. The Kier molecular flexibility index (Phi) is 6.24. The molecule has 1 aliphatic rings. The molecule has 22 heavy (non-hydrogen) atoms. The highest BCUT2D eigenvalue weighted by atomic mass is 35.5. The second-order valence-corrected chi connectivity index (χ2v) is 6.63. The van der Waals surface area contributed by atoms with E-state index >= 15 is 0 Å². The first-order chi connectivity index (χ1) is 10.5. The van der Waals surface area contributed by atoms with Crippen molar-refractivity contribution >= 4 is 17.5 Å². The number of ether oxygens (including phenoxy) is 1. The number of nitrogens with one attached hydrogen (secondary N) is 1. The second kappa shape index (κ2) is 7.95. The number of hydrogen-bond acceptors (Lipinski definition) is 3. The molecule has 4 nitrogen and oxygen atoms in total. The zero-order chi connectivity index (χ0) is 16.0. The molecule has 0 aromatic heterocycles. The molecular weight excluding hydrogens is 300 g/mol. The van der Waals surface area contributed by atoms with Crippen molar-refractivity contribution in [2.24, 2.45) is 5.73 Å². The van der Waals surface area contributed by atoms with Gasteiger partial charge in [0.25, 0.3) is 0 Å². The maximum absolute atomic E-state index is 12.0. The summed E-state index contributed by atoms with van der Waals surface area (Å²) in [5, 5.41) is 3.80. The first-order valence-electron chi connectivity index (χ1n) is 7.88. The van der Waals surface area contributed by atoms with Crippen molar-refractivity contribution in [3.05, 3.63) is 34.9 Å². The molecule has 1 saturated heterocycles. The predicted molar refractivity (Wildman–Crippen MR) is 89.1 cm³/mol. The summed E-state index contributed by atoms with van der Waals surface area (Å²) in [6, 6.07) is 7.98. The van der Waals surface area contributed by atoms with Crippen molar-refractivity contribution < 1.29 is 9.53 Å². The van der Waals surface area contributed by atoms with Gasteiger partial charge in [0.05, 0.1) is 0 Å². The Morgan fingerprint density at radius 2 is 2.18 bits per heavy atom. The van der Waals surface area contributed by atoms with Crippen LogP contribution in [-0.2, 0) is 14.9 Å². The molecule has 1 aromatic rings. The molecular formula is C17H25ClN2O2. The van der Waals surface area contributed by atoms with Gasteiger partial charge in [-0.15, -0.1) is 0 Å². The lowest BCUT2D eigenvalue weighted by atomic mass is 9.74. The van der Waals surface area contributed by atoms with Crippen LogP contribution in [0.25, 0.3) is 0 Å². The maximum atomic E-state index is 12.0. The number of hydrogen-bond donors (Lipinski definition) is 2. The molecule has 1 amide bonds. The van der Waals surface area contributed by atoms with Crippen LogP contribution in [0.1, 0.15) is 38.2 Å². The number of benzene rings is 1. The van der Waals surface area contributed by atoms with Crippen molar-refractivity contribution in [1.29, 1.82) is 0 Å². The van der Waals surface area contributed by atoms with Crippen LogP contribution in [0, 0.1) is 0 Å². The lowest BCUT2D eigenvalue weighted by Crippen LogP contribution is -2.44. The van der Waals surface area contributed by atoms with E-state index in [1.807, 2.05) is 25.1 Å². The van der Waals surface area contributed by atoms with Gasteiger partial charge in [0.15, 0.2) is 0 Å². The number of amides is 1. The Bertz CT molecular complexity index is 499. The summed E-state index contributed by atoms with van der Waals surface area (Å²) in [7, 11) is 0. The summed E-state index contributed by atoms with van der Waals surface area (Å²) in [5.41, 5.74) is 6.79. The summed E-state index contributed by atoms with van der Waals surface area (Å²) in [6.45, 7) is 3.96. The molecule has 0 spiro atoms. The lowest BCUT2D eigenvalue weighted by Gasteiger charge is -2.38. The SMILES string of the molecule is CC(N)CCC(=O)NCC1(c2cccc(Cl)c2)CCOCC1. The topological polar surface area (TPSA) is 64.4 Å². The monoisotopic (exact) mass is 324 g/mol. The molecule has 5 heteroatoms. The van der Waals surface area contributed by atoms with E-state index in [4.69, 9.17) is 22.1 Å². The van der Waals surface area contributed by atoms with Crippen molar-refractivity contribution in [2.45, 2.75) is 44.1 Å². The number of carbonyl (C=O) groups excluding carboxylic acids is 1. The highest BCUT2D eigenvalue weighted by Crippen LogP contribution is 2.35. The van der Waals surface area contributed by atoms with Crippen LogP contribution in [0.4, 0.5) is 0 Å². The van der Waals surface area contributed by atoms with Gasteiger partial charge in [-0.2, -0.15) is 0 Å². The normalized spacial score (nSPS) is 18.7. The Labute approximate surface area is 137 Å². The highest BCUT2D eigenvalue weighted by Gasteiger charge is 2.34. The van der Waals surface area contributed by atoms with Gasteiger partial charge < -0.3 is 15.8 Å². The minimum absolute atomic E-state index is 0.0516. The predicted octanol–water partition coefficient (Wildman–Crippen LogP) is 2.63. The summed E-state index contributed by atoms with van der Waals surface area (Å²) in [5.74, 6) is 0.0604. The number of halogens is 1. The van der Waals surface area contributed by atoms with Gasteiger partial charge in [-0.25, -0.2) is 0 Å². The van der Waals surface area contributed by atoms with E-state index in [1.165, 1.54) is 5.56 Å². The molecule has 0 saturated carbocycles. The Morgan fingerprint density at radius 3 is 2.82 bits per heavy atom. The van der Waals surface area contributed by atoms with Gasteiger partial charge in [0.1, 0.15) is 0 Å². The molecule has 0 bridgehead atoms. The summed E-state index contributed by atoms with van der Waals surface area (Å²) in [4.78, 5) is 12.0. The molecule has 1 unspecified atom stereocenters. The fraction of sp³-hybridized carbons (Fsp3) is 0.588. The van der Waals surface area contributed by atoms with Crippen molar-refractivity contribution in [3.8, 4) is 0 Å². The fourth-order valence-corrected chi connectivity index (χ4v) is 3.05. The van der Waals surface area contributed by atoms with E-state index in [9.17, 15) is 4.79 Å². The minimum atomic E-state index is -0.0901. The third kappa shape index (κ3) is 4.70. The maximum Gasteiger partial charge on any atom is 0.220 e. The molecule has 1 aromatic carbocycles. The largest absolute Gasteiger partial charge is 0.381 e.